The van der Waals surface area contributed by atoms with E-state index in [2.05, 4.69) is 28.2 Å². The van der Waals surface area contributed by atoms with E-state index in [-0.39, 0.29) is 0 Å². The number of urea groups is 2. The van der Waals surface area contributed by atoms with Crippen LogP contribution in [0.25, 0.3) is 0 Å². The summed E-state index contributed by atoms with van der Waals surface area (Å²) in [6, 6.07) is -0.941. The lowest BCUT2D eigenvalue weighted by Crippen LogP contribution is -2.66. The average Bonchev–Trinajstić information content (AvgIpc) is 2.11. The van der Waals surface area contributed by atoms with Crippen molar-refractivity contribution >= 4 is 12.1 Å². The van der Waals surface area contributed by atoms with Gasteiger partial charge >= 0.3 is 12.1 Å². The fraction of sp³-hybridized carbons (Fsp3) is 0.750. The van der Waals surface area contributed by atoms with Crippen LogP contribution < -0.4 is 21.3 Å². The maximum atomic E-state index is 10.8. The van der Waals surface area contributed by atoms with E-state index in [9.17, 15) is 9.59 Å². The van der Waals surface area contributed by atoms with Crippen molar-refractivity contribution < 1.29 is 9.59 Å². The molecule has 0 spiro atoms. The maximum absolute atomic E-state index is 10.8. The van der Waals surface area contributed by atoms with Gasteiger partial charge in [0.1, 0.15) is 0 Å². The van der Waals surface area contributed by atoms with Crippen LogP contribution in [0.15, 0.2) is 0 Å². The van der Waals surface area contributed by atoms with E-state index >= 15 is 0 Å². The van der Waals surface area contributed by atoms with Crippen LogP contribution in [0, 0.1) is 0 Å². The molecule has 1 aliphatic heterocycles. The van der Waals surface area contributed by atoms with Crippen LogP contribution in [0.5, 0.6) is 0 Å². The highest BCUT2D eigenvalue weighted by molar-refractivity contribution is 5.95. The Balaban J connectivity index is 2.17. The number of hydrogen-bond donors (Lipinski definition) is 4. The quantitative estimate of drug-likeness (QED) is 0.474. The Morgan fingerprint density at radius 3 is 2.43 bits per heavy atom. The van der Waals surface area contributed by atoms with Crippen LogP contribution in [-0.2, 0) is 0 Å². The highest BCUT2D eigenvalue weighted by atomic mass is 16.2. The molecule has 80 valence electrons. The van der Waals surface area contributed by atoms with Gasteiger partial charge in [-0.1, -0.05) is 19.8 Å². The molecule has 0 atom stereocenters. The summed E-state index contributed by atoms with van der Waals surface area (Å²) >= 11 is 0. The first-order valence-electron chi connectivity index (χ1n) is 4.83. The predicted molar refractivity (Wildman–Crippen MR) is 51.5 cm³/mol. The Kier molecular flexibility index (Phi) is 4.18. The van der Waals surface area contributed by atoms with E-state index in [1.165, 1.54) is 0 Å². The summed E-state index contributed by atoms with van der Waals surface area (Å²) in [6.45, 7) is 2.90. The van der Waals surface area contributed by atoms with E-state index in [1.54, 1.807) is 0 Å². The molecule has 0 bridgehead atoms. The first kappa shape index (κ1) is 10.8. The van der Waals surface area contributed by atoms with Gasteiger partial charge in [0, 0.05) is 0 Å². The molecule has 14 heavy (non-hydrogen) atoms. The van der Waals surface area contributed by atoms with Crippen LogP contribution >= 0.6 is 0 Å². The Labute approximate surface area is 82.8 Å². The van der Waals surface area contributed by atoms with Gasteiger partial charge in [0.05, 0.1) is 0 Å². The molecule has 1 aliphatic rings. The van der Waals surface area contributed by atoms with Gasteiger partial charge in [-0.05, 0) is 13.0 Å². The number of imide groups is 1. The van der Waals surface area contributed by atoms with Crippen molar-refractivity contribution in [2.45, 2.75) is 32.5 Å². The molecule has 0 aliphatic carbocycles. The van der Waals surface area contributed by atoms with Crippen LogP contribution in [0.3, 0.4) is 0 Å². The maximum Gasteiger partial charge on any atom is 0.325 e. The molecular formula is C8H16N4O2. The molecular weight excluding hydrogens is 184 g/mol. The molecule has 4 N–H and O–H groups in total. The fourth-order valence-corrected chi connectivity index (χ4v) is 1.20. The summed E-state index contributed by atoms with van der Waals surface area (Å²) < 4.78 is 0. The summed E-state index contributed by atoms with van der Waals surface area (Å²) in [5.41, 5.74) is 0. The molecule has 0 aromatic heterocycles. The molecule has 0 unspecified atom stereocenters. The monoisotopic (exact) mass is 200 g/mol. The first-order valence-corrected chi connectivity index (χ1v) is 4.83. The molecule has 0 saturated carbocycles. The Hall–Kier alpha value is -1.30. The second kappa shape index (κ2) is 5.43. The molecule has 0 aromatic rings. The Morgan fingerprint density at radius 1 is 1.21 bits per heavy atom. The normalized spacial score (nSPS) is 17.2. The zero-order valence-corrected chi connectivity index (χ0v) is 8.22. The topological polar surface area (TPSA) is 82.3 Å². The molecule has 1 rings (SSSR count). The van der Waals surface area contributed by atoms with Crippen molar-refractivity contribution in [1.29, 1.82) is 0 Å². The standard InChI is InChI=1S/C8H16N4O2/c1-2-3-4-5-9-6-10-7(13)12-8(14)11-6/h6,9H,2-5H2,1H3,(H3,10,11,12,13,14). The second-order valence-electron chi connectivity index (χ2n) is 3.17. The van der Waals surface area contributed by atoms with E-state index < -0.39 is 18.4 Å². The van der Waals surface area contributed by atoms with Crippen LogP contribution in [0.1, 0.15) is 26.2 Å². The molecule has 1 fully saturated rings. The molecule has 6 heteroatoms. The smallest absolute Gasteiger partial charge is 0.305 e. The van der Waals surface area contributed by atoms with Gasteiger partial charge in [0.15, 0.2) is 6.29 Å². The van der Waals surface area contributed by atoms with Crippen molar-refractivity contribution in [3.8, 4) is 0 Å². The summed E-state index contributed by atoms with van der Waals surface area (Å²) in [6.07, 6.45) is 2.87. The molecule has 0 radical (unpaired) electrons. The number of hydrogen-bond acceptors (Lipinski definition) is 3. The number of unbranched alkanes of at least 4 members (excludes halogenated alkanes) is 2. The second-order valence-corrected chi connectivity index (χ2v) is 3.17. The van der Waals surface area contributed by atoms with Gasteiger partial charge in [-0.2, -0.15) is 0 Å². The SMILES string of the molecule is CCCCCNC1NC(=O)NC(=O)N1. The molecule has 6 nitrogen and oxygen atoms in total. The Bertz CT molecular complexity index is 203. The van der Waals surface area contributed by atoms with Gasteiger partial charge in [-0.25, -0.2) is 9.59 Å². The molecule has 0 aromatic carbocycles. The predicted octanol–water partition coefficient (Wildman–Crippen LogP) is 0.0722. The van der Waals surface area contributed by atoms with Gasteiger partial charge in [-0.15, -0.1) is 0 Å². The minimum absolute atomic E-state index is 0.451. The van der Waals surface area contributed by atoms with Crippen molar-refractivity contribution in [3.05, 3.63) is 0 Å². The van der Waals surface area contributed by atoms with E-state index in [4.69, 9.17) is 0 Å². The number of rotatable bonds is 5. The van der Waals surface area contributed by atoms with E-state index in [1.807, 2.05) is 0 Å². The lowest BCUT2D eigenvalue weighted by atomic mass is 10.2. The third kappa shape index (κ3) is 3.61. The van der Waals surface area contributed by atoms with Gasteiger partial charge in [-0.3, -0.25) is 10.6 Å². The van der Waals surface area contributed by atoms with Crippen LogP contribution in [-0.4, -0.2) is 24.9 Å². The molecule has 4 amide bonds. The molecule has 1 saturated heterocycles. The van der Waals surface area contributed by atoms with Gasteiger partial charge in [0.25, 0.3) is 0 Å². The zero-order chi connectivity index (χ0) is 10.4. The number of amides is 4. The van der Waals surface area contributed by atoms with Gasteiger partial charge in [0.2, 0.25) is 0 Å². The van der Waals surface area contributed by atoms with E-state index in [0.29, 0.717) is 0 Å². The molecule has 1 heterocycles. The minimum atomic E-state index is -0.471. The fourth-order valence-electron chi connectivity index (χ4n) is 1.20. The summed E-state index contributed by atoms with van der Waals surface area (Å²) in [4.78, 5) is 21.7. The van der Waals surface area contributed by atoms with Crippen LogP contribution in [0.4, 0.5) is 9.59 Å². The average molecular weight is 200 g/mol. The minimum Gasteiger partial charge on any atom is -0.305 e. The highest BCUT2D eigenvalue weighted by Gasteiger charge is 2.20. The number of carbonyl (C=O) groups excluding carboxylic acids is 2. The van der Waals surface area contributed by atoms with Crippen molar-refractivity contribution in [3.63, 3.8) is 0 Å². The summed E-state index contributed by atoms with van der Waals surface area (Å²) in [7, 11) is 0. The zero-order valence-electron chi connectivity index (χ0n) is 8.22. The lowest BCUT2D eigenvalue weighted by molar-refractivity contribution is 0.203. The van der Waals surface area contributed by atoms with Crippen molar-refractivity contribution in [2.24, 2.45) is 0 Å². The largest absolute Gasteiger partial charge is 0.325 e. The lowest BCUT2D eigenvalue weighted by Gasteiger charge is -2.25. The van der Waals surface area contributed by atoms with E-state index in [0.717, 1.165) is 25.8 Å². The Morgan fingerprint density at radius 2 is 1.86 bits per heavy atom. The first-order chi connectivity index (χ1) is 6.72. The number of carbonyl (C=O) groups is 2. The van der Waals surface area contributed by atoms with Crippen LogP contribution in [0.2, 0.25) is 0 Å². The third-order valence-corrected chi connectivity index (χ3v) is 1.91. The third-order valence-electron chi connectivity index (χ3n) is 1.91. The summed E-state index contributed by atoms with van der Waals surface area (Å²) in [5.74, 6) is 0. The van der Waals surface area contributed by atoms with Gasteiger partial charge < -0.3 is 10.6 Å². The summed E-state index contributed by atoms with van der Waals surface area (Å²) in [5, 5.41) is 10.1. The van der Waals surface area contributed by atoms with Crippen molar-refractivity contribution in [1.82, 2.24) is 21.3 Å². The van der Waals surface area contributed by atoms with Crippen molar-refractivity contribution in [2.75, 3.05) is 6.54 Å². The number of nitrogens with one attached hydrogen (secondary N) is 4. The highest BCUT2D eigenvalue weighted by Crippen LogP contribution is 1.91.